The predicted octanol–water partition coefficient (Wildman–Crippen LogP) is 2.78. The van der Waals surface area contributed by atoms with Gasteiger partial charge in [0, 0.05) is 17.5 Å². The molecule has 0 spiro atoms. The molecule has 2 heterocycles. The van der Waals surface area contributed by atoms with E-state index in [-0.39, 0.29) is 0 Å². The maximum Gasteiger partial charge on any atom is 0.174 e. The predicted molar refractivity (Wildman–Crippen MR) is 61.9 cm³/mol. The molecule has 1 aromatic carbocycles. The van der Waals surface area contributed by atoms with E-state index in [0.29, 0.717) is 23.1 Å². The van der Waals surface area contributed by atoms with E-state index in [4.69, 9.17) is 20.9 Å². The van der Waals surface area contributed by atoms with Crippen LogP contribution in [0.2, 0.25) is 5.02 Å². The number of fused-ring (bicyclic) bond motifs is 1. The third-order valence-corrected chi connectivity index (χ3v) is 2.65. The van der Waals surface area contributed by atoms with Crippen molar-refractivity contribution in [2.24, 2.45) is 0 Å². The number of benzene rings is 1. The van der Waals surface area contributed by atoms with Crippen LogP contribution >= 0.6 is 11.6 Å². The zero-order valence-electron chi connectivity index (χ0n) is 8.68. The topological polar surface area (TPSA) is 63.9 Å². The van der Waals surface area contributed by atoms with Gasteiger partial charge in [-0.15, -0.1) is 0 Å². The van der Waals surface area contributed by atoms with Gasteiger partial charge in [0.25, 0.3) is 0 Å². The van der Waals surface area contributed by atoms with Crippen molar-refractivity contribution in [2.45, 2.75) is 6.61 Å². The number of halogens is 1. The molecule has 2 aromatic heterocycles. The number of nitrogens with zero attached hydrogens (tertiary/aromatic N) is 2. The fourth-order valence-electron chi connectivity index (χ4n) is 1.52. The Bertz CT molecular complexity index is 633. The van der Waals surface area contributed by atoms with E-state index in [1.165, 1.54) is 0 Å². The third-order valence-electron chi connectivity index (χ3n) is 2.35. The molecule has 0 saturated heterocycles. The zero-order valence-corrected chi connectivity index (χ0v) is 9.44. The van der Waals surface area contributed by atoms with Crippen LogP contribution in [0.3, 0.4) is 0 Å². The van der Waals surface area contributed by atoms with Crippen LogP contribution < -0.4 is 4.74 Å². The van der Waals surface area contributed by atoms with Crippen LogP contribution in [0.25, 0.3) is 10.9 Å². The summed E-state index contributed by atoms with van der Waals surface area (Å²) in [5, 5.41) is 11.9. The highest BCUT2D eigenvalue weighted by Crippen LogP contribution is 2.29. The van der Waals surface area contributed by atoms with Crippen LogP contribution in [0.15, 0.2) is 35.1 Å². The highest BCUT2D eigenvalue weighted by Gasteiger charge is 2.07. The molecule has 0 aliphatic carbocycles. The summed E-state index contributed by atoms with van der Waals surface area (Å²) in [5.41, 5.74) is 0.877. The van der Waals surface area contributed by atoms with Crippen molar-refractivity contribution in [1.82, 2.24) is 15.4 Å². The van der Waals surface area contributed by atoms with Crippen molar-refractivity contribution in [2.75, 3.05) is 0 Å². The number of ether oxygens (including phenoxy) is 1. The minimum atomic E-state index is 0.291. The summed E-state index contributed by atoms with van der Waals surface area (Å²) in [6, 6.07) is 5.35. The van der Waals surface area contributed by atoms with Gasteiger partial charge in [0.05, 0.1) is 22.9 Å². The summed E-state index contributed by atoms with van der Waals surface area (Å²) >= 11 is 6.09. The van der Waals surface area contributed by atoms with E-state index in [9.17, 15) is 0 Å². The Morgan fingerprint density at radius 3 is 3.18 bits per heavy atom. The van der Waals surface area contributed by atoms with Crippen LogP contribution in [-0.2, 0) is 6.61 Å². The molecule has 1 N–H and O–H groups in total. The van der Waals surface area contributed by atoms with Gasteiger partial charge in [-0.25, -0.2) is 0 Å². The minimum Gasteiger partial charge on any atom is -0.484 e. The first-order chi connectivity index (χ1) is 8.33. The first-order valence-electron chi connectivity index (χ1n) is 4.98. The molecule has 3 aromatic rings. The summed E-state index contributed by atoms with van der Waals surface area (Å²) in [7, 11) is 0. The van der Waals surface area contributed by atoms with E-state index in [1.54, 1.807) is 30.6 Å². The minimum absolute atomic E-state index is 0.291. The van der Waals surface area contributed by atoms with Gasteiger partial charge in [-0.05, 0) is 6.07 Å². The molecule has 0 atom stereocenters. The average Bonchev–Trinajstić information content (AvgIpc) is 2.95. The van der Waals surface area contributed by atoms with E-state index in [0.717, 1.165) is 10.9 Å². The molecule has 86 valence electrons. The lowest BCUT2D eigenvalue weighted by Crippen LogP contribution is -1.94. The van der Waals surface area contributed by atoms with Crippen LogP contribution in [0.4, 0.5) is 0 Å². The Morgan fingerprint density at radius 2 is 2.35 bits per heavy atom. The van der Waals surface area contributed by atoms with Gasteiger partial charge >= 0.3 is 0 Å². The molecule has 0 aliphatic rings. The number of hydrogen-bond acceptors (Lipinski definition) is 4. The van der Waals surface area contributed by atoms with Gasteiger partial charge in [-0.3, -0.25) is 5.10 Å². The monoisotopic (exact) mass is 249 g/mol. The molecule has 0 aliphatic heterocycles. The number of aromatic nitrogens is 3. The molecule has 17 heavy (non-hydrogen) atoms. The lowest BCUT2D eigenvalue weighted by Gasteiger charge is -2.05. The summed E-state index contributed by atoms with van der Waals surface area (Å²) in [6.45, 7) is 0.291. The Balaban J connectivity index is 1.86. The molecular formula is C11H8ClN3O2. The van der Waals surface area contributed by atoms with E-state index >= 15 is 0 Å². The molecule has 5 nitrogen and oxygen atoms in total. The molecule has 0 bridgehead atoms. The van der Waals surface area contributed by atoms with Crippen LogP contribution in [0.5, 0.6) is 5.75 Å². The second-order valence-electron chi connectivity index (χ2n) is 3.51. The second-order valence-corrected chi connectivity index (χ2v) is 3.91. The fourth-order valence-corrected chi connectivity index (χ4v) is 1.75. The summed E-state index contributed by atoms with van der Waals surface area (Å²) in [6.07, 6.45) is 3.28. The van der Waals surface area contributed by atoms with Gasteiger partial charge in [0.15, 0.2) is 5.76 Å². The number of nitrogens with one attached hydrogen (secondary N) is 1. The number of rotatable bonds is 3. The lowest BCUT2D eigenvalue weighted by atomic mass is 10.2. The van der Waals surface area contributed by atoms with Crippen molar-refractivity contribution in [3.05, 3.63) is 41.4 Å². The molecule has 6 heteroatoms. The normalized spacial score (nSPS) is 10.9. The van der Waals surface area contributed by atoms with Gasteiger partial charge < -0.3 is 9.26 Å². The number of hydrogen-bond donors (Lipinski definition) is 1. The van der Waals surface area contributed by atoms with Crippen molar-refractivity contribution in [3.8, 4) is 5.75 Å². The quantitative estimate of drug-likeness (QED) is 0.775. The second kappa shape index (κ2) is 4.10. The highest BCUT2D eigenvalue weighted by molar-refractivity contribution is 6.32. The molecule has 0 unspecified atom stereocenters. The Hall–Kier alpha value is -2.01. The van der Waals surface area contributed by atoms with E-state index < -0.39 is 0 Å². The fraction of sp³-hybridized carbons (Fsp3) is 0.0909. The molecular weight excluding hydrogens is 242 g/mol. The average molecular weight is 250 g/mol. The maximum atomic E-state index is 6.09. The number of aromatic amines is 1. The Kier molecular flexibility index (Phi) is 2.45. The van der Waals surface area contributed by atoms with Gasteiger partial charge in [-0.1, -0.05) is 16.8 Å². The van der Waals surface area contributed by atoms with Gasteiger partial charge in [0.1, 0.15) is 12.4 Å². The summed E-state index contributed by atoms with van der Waals surface area (Å²) in [5.74, 6) is 1.23. The summed E-state index contributed by atoms with van der Waals surface area (Å²) in [4.78, 5) is 0. The maximum absolute atomic E-state index is 6.09. The largest absolute Gasteiger partial charge is 0.484 e. The molecule has 0 radical (unpaired) electrons. The zero-order chi connectivity index (χ0) is 11.7. The molecule has 0 amide bonds. The Morgan fingerprint density at radius 1 is 1.41 bits per heavy atom. The third kappa shape index (κ3) is 1.97. The molecule has 0 saturated carbocycles. The summed E-state index contributed by atoms with van der Waals surface area (Å²) < 4.78 is 10.5. The van der Waals surface area contributed by atoms with Gasteiger partial charge in [0.2, 0.25) is 0 Å². The van der Waals surface area contributed by atoms with Crippen molar-refractivity contribution < 1.29 is 9.26 Å². The molecule has 0 fully saturated rings. The lowest BCUT2D eigenvalue weighted by molar-refractivity contribution is 0.249. The first-order valence-corrected chi connectivity index (χ1v) is 5.36. The van der Waals surface area contributed by atoms with Crippen molar-refractivity contribution in [1.29, 1.82) is 0 Å². The smallest absolute Gasteiger partial charge is 0.174 e. The molecule has 3 rings (SSSR count). The van der Waals surface area contributed by atoms with Crippen LogP contribution in [0, 0.1) is 0 Å². The van der Waals surface area contributed by atoms with Gasteiger partial charge in [-0.2, -0.15) is 5.10 Å². The highest BCUT2D eigenvalue weighted by atomic mass is 35.5. The van der Waals surface area contributed by atoms with E-state index in [2.05, 4.69) is 15.4 Å². The van der Waals surface area contributed by atoms with Crippen LogP contribution in [-0.4, -0.2) is 15.4 Å². The van der Waals surface area contributed by atoms with E-state index in [1.807, 2.05) is 0 Å². The SMILES string of the molecule is Clc1cc2cn[nH]c2cc1OCc1ccno1. The van der Waals surface area contributed by atoms with Crippen molar-refractivity contribution >= 4 is 22.5 Å². The first kappa shape index (κ1) is 10.2. The van der Waals surface area contributed by atoms with Crippen LogP contribution in [0.1, 0.15) is 5.76 Å². The van der Waals surface area contributed by atoms with Crippen molar-refractivity contribution in [3.63, 3.8) is 0 Å². The Labute approximate surface area is 101 Å². The number of H-pyrrole nitrogens is 1. The standard InChI is InChI=1S/C11H8ClN3O2/c12-9-3-7-5-13-15-10(7)4-11(9)16-6-8-1-2-14-17-8/h1-5H,6H2,(H,13,15).